The van der Waals surface area contributed by atoms with Gasteiger partial charge in [0.1, 0.15) is 0 Å². The number of aromatic nitrogens is 2. The van der Waals surface area contributed by atoms with E-state index >= 15 is 0 Å². The second-order valence-corrected chi connectivity index (χ2v) is 6.65. The molecule has 0 aliphatic carbocycles. The predicted molar refractivity (Wildman–Crippen MR) is 104 cm³/mol. The van der Waals surface area contributed by atoms with E-state index in [0.29, 0.717) is 5.69 Å². The first-order valence-corrected chi connectivity index (χ1v) is 8.84. The normalized spacial score (nSPS) is 12.9. The number of hydrogen-bond donors (Lipinski definition) is 2. The Hall–Kier alpha value is -3.28. The lowest BCUT2D eigenvalue weighted by Crippen LogP contribution is -2.14. The molecule has 4 rings (SSSR count). The summed E-state index contributed by atoms with van der Waals surface area (Å²) in [6, 6.07) is 16.6. The van der Waals surface area contributed by atoms with Crippen LogP contribution in [-0.2, 0) is 6.18 Å². The Bertz CT molecular complexity index is 1100. The number of hydrogen-bond acceptors (Lipinski definition) is 2. The van der Waals surface area contributed by atoms with Crippen LogP contribution in [0.5, 0.6) is 0 Å². The number of pyridine rings is 1. The summed E-state index contributed by atoms with van der Waals surface area (Å²) in [5.41, 5.74) is 3.59. The Morgan fingerprint density at radius 2 is 1.71 bits per heavy atom. The van der Waals surface area contributed by atoms with E-state index in [9.17, 15) is 13.2 Å². The van der Waals surface area contributed by atoms with Gasteiger partial charge in [-0.1, -0.05) is 24.3 Å². The molecule has 2 aromatic carbocycles. The number of nitrogens with zero attached hydrogens (tertiary/aromatic N) is 1. The topological polar surface area (TPSA) is 40.7 Å². The molecular weight excluding hydrogens is 363 g/mol. The van der Waals surface area contributed by atoms with Crippen molar-refractivity contribution in [3.63, 3.8) is 0 Å². The van der Waals surface area contributed by atoms with Crippen molar-refractivity contribution in [1.82, 2.24) is 9.97 Å². The molecule has 0 fully saturated rings. The zero-order valence-corrected chi connectivity index (χ0v) is 15.1. The molecule has 3 nitrogen and oxygen atoms in total. The largest absolute Gasteiger partial charge is 0.416 e. The van der Waals surface area contributed by atoms with Crippen molar-refractivity contribution in [2.45, 2.75) is 19.1 Å². The van der Waals surface area contributed by atoms with Crippen LogP contribution in [0.1, 0.15) is 28.4 Å². The Morgan fingerprint density at radius 1 is 0.964 bits per heavy atom. The van der Waals surface area contributed by atoms with Crippen LogP contribution in [0.4, 0.5) is 18.9 Å². The quantitative estimate of drug-likeness (QED) is 0.449. The molecule has 2 N–H and O–H groups in total. The molecule has 0 unspecified atom stereocenters. The maximum atomic E-state index is 13.1. The standard InChI is InChI=1S/C22H18F3N3/c1-14-20(18-7-2-3-8-19(18)27-14)21(15-9-11-26-12-10-15)28-17-6-4-5-16(13-17)22(23,24)25/h2-13,21,27-28H,1H3/t21-/m1/s1. The number of aryl methyl sites for hydroxylation is 1. The van der Waals surface area contributed by atoms with Gasteiger partial charge in [-0.15, -0.1) is 0 Å². The first-order valence-electron chi connectivity index (χ1n) is 8.84. The number of benzene rings is 2. The molecule has 0 saturated carbocycles. The lowest BCUT2D eigenvalue weighted by Gasteiger charge is -2.22. The molecule has 0 spiro atoms. The number of anilines is 1. The fourth-order valence-electron chi connectivity index (χ4n) is 3.50. The zero-order chi connectivity index (χ0) is 19.7. The molecule has 6 heteroatoms. The van der Waals surface area contributed by atoms with Gasteiger partial charge in [0, 0.05) is 40.2 Å². The van der Waals surface area contributed by atoms with Crippen LogP contribution in [-0.4, -0.2) is 9.97 Å². The smallest absolute Gasteiger partial charge is 0.374 e. The number of aromatic amines is 1. The highest BCUT2D eigenvalue weighted by molar-refractivity contribution is 5.86. The second kappa shape index (κ2) is 7.03. The SMILES string of the molecule is Cc1[nH]c2ccccc2c1[C@H](Nc1cccc(C(F)(F)F)c1)c1ccncc1. The van der Waals surface area contributed by atoms with E-state index in [1.165, 1.54) is 6.07 Å². The van der Waals surface area contributed by atoms with Crippen molar-refractivity contribution in [3.8, 4) is 0 Å². The first-order chi connectivity index (χ1) is 13.4. The summed E-state index contributed by atoms with van der Waals surface area (Å²) >= 11 is 0. The van der Waals surface area contributed by atoms with Crippen molar-refractivity contribution in [2.75, 3.05) is 5.32 Å². The van der Waals surface area contributed by atoms with Crippen LogP contribution in [0.15, 0.2) is 73.1 Å². The van der Waals surface area contributed by atoms with Gasteiger partial charge in [0.2, 0.25) is 0 Å². The molecule has 0 bridgehead atoms. The Kier molecular flexibility index (Phi) is 4.55. The van der Waals surface area contributed by atoms with Crippen LogP contribution in [0.25, 0.3) is 10.9 Å². The van der Waals surface area contributed by atoms with E-state index in [0.717, 1.165) is 39.9 Å². The summed E-state index contributed by atoms with van der Waals surface area (Å²) in [7, 11) is 0. The highest BCUT2D eigenvalue weighted by atomic mass is 19.4. The van der Waals surface area contributed by atoms with Gasteiger partial charge in [-0.3, -0.25) is 4.98 Å². The van der Waals surface area contributed by atoms with E-state index in [4.69, 9.17) is 0 Å². The summed E-state index contributed by atoms with van der Waals surface area (Å²) in [4.78, 5) is 7.43. The average Bonchev–Trinajstić information content (AvgIpc) is 3.02. The monoisotopic (exact) mass is 381 g/mol. The fourth-order valence-corrected chi connectivity index (χ4v) is 3.50. The third kappa shape index (κ3) is 3.45. The Morgan fingerprint density at radius 3 is 2.46 bits per heavy atom. The molecule has 2 heterocycles. The van der Waals surface area contributed by atoms with E-state index in [1.54, 1.807) is 18.5 Å². The van der Waals surface area contributed by atoms with Crippen LogP contribution >= 0.6 is 0 Å². The molecule has 28 heavy (non-hydrogen) atoms. The molecule has 2 aromatic heterocycles. The van der Waals surface area contributed by atoms with Crippen molar-refractivity contribution in [2.24, 2.45) is 0 Å². The van der Waals surface area contributed by atoms with Crippen LogP contribution in [0, 0.1) is 6.92 Å². The fraction of sp³-hybridized carbons (Fsp3) is 0.136. The van der Waals surface area contributed by atoms with Crippen molar-refractivity contribution in [1.29, 1.82) is 0 Å². The highest BCUT2D eigenvalue weighted by Gasteiger charge is 2.30. The van der Waals surface area contributed by atoms with Gasteiger partial charge < -0.3 is 10.3 Å². The number of para-hydroxylation sites is 1. The molecule has 1 atom stereocenters. The van der Waals surface area contributed by atoms with Crippen LogP contribution < -0.4 is 5.32 Å². The van der Waals surface area contributed by atoms with Crippen molar-refractivity contribution >= 4 is 16.6 Å². The minimum atomic E-state index is -4.39. The Balaban J connectivity index is 1.83. The molecule has 142 valence electrons. The van der Waals surface area contributed by atoms with Gasteiger partial charge in [-0.25, -0.2) is 0 Å². The number of halogens is 3. The Labute approximate surface area is 160 Å². The van der Waals surface area contributed by atoms with Gasteiger partial charge in [0.15, 0.2) is 0 Å². The van der Waals surface area contributed by atoms with Crippen molar-refractivity contribution < 1.29 is 13.2 Å². The van der Waals surface area contributed by atoms with E-state index in [2.05, 4.69) is 15.3 Å². The predicted octanol–water partition coefficient (Wildman–Crippen LogP) is 6.09. The summed E-state index contributed by atoms with van der Waals surface area (Å²) in [5, 5.41) is 4.32. The van der Waals surface area contributed by atoms with E-state index in [-0.39, 0.29) is 6.04 Å². The maximum Gasteiger partial charge on any atom is 0.416 e. The van der Waals surface area contributed by atoms with Crippen LogP contribution in [0.2, 0.25) is 0 Å². The molecule has 0 amide bonds. The molecule has 4 aromatic rings. The minimum Gasteiger partial charge on any atom is -0.374 e. The first kappa shape index (κ1) is 18.1. The number of fused-ring (bicyclic) bond motifs is 1. The van der Waals surface area contributed by atoms with Crippen LogP contribution in [0.3, 0.4) is 0 Å². The summed E-state index contributed by atoms with van der Waals surface area (Å²) in [6.45, 7) is 1.97. The number of rotatable bonds is 4. The minimum absolute atomic E-state index is 0.331. The lowest BCUT2D eigenvalue weighted by atomic mass is 9.96. The molecule has 0 saturated heterocycles. The summed E-state index contributed by atoms with van der Waals surface area (Å²) < 4.78 is 39.4. The highest BCUT2D eigenvalue weighted by Crippen LogP contribution is 2.36. The lowest BCUT2D eigenvalue weighted by molar-refractivity contribution is -0.137. The third-order valence-corrected chi connectivity index (χ3v) is 4.77. The molecule has 0 radical (unpaired) electrons. The number of nitrogens with one attached hydrogen (secondary N) is 2. The number of alkyl halides is 3. The number of H-pyrrole nitrogens is 1. The molecular formula is C22H18F3N3. The van der Waals surface area contributed by atoms with Gasteiger partial charge in [-0.2, -0.15) is 13.2 Å². The molecule has 0 aliphatic rings. The summed E-state index contributed by atoms with van der Waals surface area (Å²) in [6.07, 6.45) is -1.03. The van der Waals surface area contributed by atoms with Gasteiger partial charge in [0.05, 0.1) is 11.6 Å². The maximum absolute atomic E-state index is 13.1. The van der Waals surface area contributed by atoms with Gasteiger partial charge in [0.25, 0.3) is 0 Å². The van der Waals surface area contributed by atoms with E-state index < -0.39 is 11.7 Å². The van der Waals surface area contributed by atoms with E-state index in [1.807, 2.05) is 43.3 Å². The van der Waals surface area contributed by atoms with Gasteiger partial charge in [-0.05, 0) is 48.9 Å². The zero-order valence-electron chi connectivity index (χ0n) is 15.1. The average molecular weight is 381 g/mol. The summed E-state index contributed by atoms with van der Waals surface area (Å²) in [5.74, 6) is 0. The third-order valence-electron chi connectivity index (χ3n) is 4.77. The molecule has 0 aliphatic heterocycles. The van der Waals surface area contributed by atoms with Gasteiger partial charge >= 0.3 is 6.18 Å². The van der Waals surface area contributed by atoms with Crippen molar-refractivity contribution in [3.05, 3.63) is 95.4 Å². The second-order valence-electron chi connectivity index (χ2n) is 6.65.